The molecule has 4 rings (SSSR count). The van der Waals surface area contributed by atoms with E-state index in [1.165, 1.54) is 28.3 Å². The lowest BCUT2D eigenvalue weighted by Crippen LogP contribution is -2.11. The minimum absolute atomic E-state index is 0.128. The maximum Gasteiger partial charge on any atom is 0.166 e. The van der Waals surface area contributed by atoms with E-state index in [1.54, 1.807) is 43.8 Å². The molecule has 4 aromatic rings. The number of aromatic nitrogens is 5. The lowest BCUT2D eigenvalue weighted by Gasteiger charge is -2.19. The number of halogens is 1. The predicted octanol–water partition coefficient (Wildman–Crippen LogP) is 3.14. The van der Waals surface area contributed by atoms with Gasteiger partial charge in [0, 0.05) is 23.5 Å². The Morgan fingerprint density at radius 3 is 2.72 bits per heavy atom. The average Bonchev–Trinajstić information content (AvgIpc) is 3.41. The molecular formula is C19H17FN6O2S. The lowest BCUT2D eigenvalue weighted by atomic mass is 10.1. The summed E-state index contributed by atoms with van der Waals surface area (Å²) in [6.07, 6.45) is 5.80. The van der Waals surface area contributed by atoms with Gasteiger partial charge in [-0.1, -0.05) is 0 Å². The fourth-order valence-electron chi connectivity index (χ4n) is 2.83. The number of pyridine rings is 1. The first kappa shape index (κ1) is 19.0. The molecule has 0 aliphatic carbocycles. The molecular weight excluding hydrogens is 395 g/mol. The van der Waals surface area contributed by atoms with Crippen LogP contribution in [-0.2, 0) is 6.61 Å². The van der Waals surface area contributed by atoms with Crippen molar-refractivity contribution in [2.45, 2.75) is 19.6 Å². The highest BCUT2D eigenvalue weighted by Crippen LogP contribution is 2.34. The van der Waals surface area contributed by atoms with Gasteiger partial charge in [-0.05, 0) is 31.2 Å². The van der Waals surface area contributed by atoms with Crippen molar-refractivity contribution in [1.29, 1.82) is 0 Å². The van der Waals surface area contributed by atoms with Crippen LogP contribution >= 0.6 is 11.3 Å². The topological polar surface area (TPSA) is 112 Å². The van der Waals surface area contributed by atoms with Gasteiger partial charge < -0.3 is 15.6 Å². The summed E-state index contributed by atoms with van der Waals surface area (Å²) >= 11 is 1.35. The van der Waals surface area contributed by atoms with Crippen LogP contribution in [-0.4, -0.2) is 30.1 Å². The van der Waals surface area contributed by atoms with E-state index in [2.05, 4.69) is 20.2 Å². The normalized spacial score (nSPS) is 12.1. The van der Waals surface area contributed by atoms with Gasteiger partial charge in [0.25, 0.3) is 0 Å². The molecule has 0 radical (unpaired) electrons. The zero-order valence-corrected chi connectivity index (χ0v) is 16.2. The molecule has 0 fully saturated rings. The molecule has 3 heterocycles. The van der Waals surface area contributed by atoms with Gasteiger partial charge in [0.15, 0.2) is 11.6 Å². The number of ether oxygens (including phenoxy) is 1. The van der Waals surface area contributed by atoms with Crippen LogP contribution in [0, 0.1) is 5.82 Å². The fraction of sp³-hybridized carbons (Fsp3) is 0.158. The molecule has 0 saturated carbocycles. The summed E-state index contributed by atoms with van der Waals surface area (Å²) in [5.41, 5.74) is 7.91. The molecule has 3 N–H and O–H groups in total. The number of nitrogen functional groups attached to an aromatic ring is 1. The van der Waals surface area contributed by atoms with Crippen molar-refractivity contribution < 1.29 is 14.2 Å². The summed E-state index contributed by atoms with van der Waals surface area (Å²) in [6, 6.07) is 6.07. The van der Waals surface area contributed by atoms with Crippen LogP contribution in [0.2, 0.25) is 0 Å². The molecule has 0 bridgehead atoms. The predicted molar refractivity (Wildman–Crippen MR) is 106 cm³/mol. The summed E-state index contributed by atoms with van der Waals surface area (Å²) in [5.74, 6) is 0.174. The Morgan fingerprint density at radius 2 is 2.00 bits per heavy atom. The van der Waals surface area contributed by atoms with Gasteiger partial charge in [-0.2, -0.15) is 15.0 Å². The standard InChI is InChI=1S/C19H17FN6O2S/c1-11(14-7-13(20)2-3-15(14)26-24-4-5-25-26)28-16-6-12(8-23-19(16)21)17-9-22-18(10-27)29-17/h2-9,11,27H,10H2,1H3,(H2,21,23)/t11-/m1/s1. The number of rotatable bonds is 6. The third-order valence-electron chi connectivity index (χ3n) is 4.22. The third kappa shape index (κ3) is 3.93. The molecule has 0 amide bonds. The SMILES string of the molecule is C[C@@H](Oc1cc(-c2cnc(CO)s2)cnc1N)c1cc(F)ccc1-n1nccn1. The average molecular weight is 412 g/mol. The van der Waals surface area contributed by atoms with E-state index < -0.39 is 11.9 Å². The van der Waals surface area contributed by atoms with Crippen LogP contribution in [0.25, 0.3) is 16.1 Å². The summed E-state index contributed by atoms with van der Waals surface area (Å²) < 4.78 is 20.0. The number of anilines is 1. The second-order valence-electron chi connectivity index (χ2n) is 6.17. The van der Waals surface area contributed by atoms with E-state index in [1.807, 2.05) is 0 Å². The van der Waals surface area contributed by atoms with Crippen molar-refractivity contribution in [3.05, 3.63) is 65.4 Å². The van der Waals surface area contributed by atoms with Crippen LogP contribution < -0.4 is 10.5 Å². The molecule has 3 aromatic heterocycles. The summed E-state index contributed by atoms with van der Waals surface area (Å²) in [5, 5.41) is 18.0. The van der Waals surface area contributed by atoms with Crippen LogP contribution in [0.5, 0.6) is 5.75 Å². The Kier molecular flexibility index (Phi) is 5.19. The number of aliphatic hydroxyl groups is 1. The van der Waals surface area contributed by atoms with E-state index in [0.29, 0.717) is 22.0 Å². The van der Waals surface area contributed by atoms with Gasteiger partial charge in [-0.25, -0.2) is 14.4 Å². The van der Waals surface area contributed by atoms with Crippen LogP contribution in [0.15, 0.2) is 49.1 Å². The molecule has 0 spiro atoms. The number of nitrogens with zero attached hydrogens (tertiary/aromatic N) is 5. The van der Waals surface area contributed by atoms with E-state index in [4.69, 9.17) is 10.5 Å². The van der Waals surface area contributed by atoms with E-state index >= 15 is 0 Å². The number of nitrogens with two attached hydrogens (primary N) is 1. The zero-order valence-electron chi connectivity index (χ0n) is 15.4. The van der Waals surface area contributed by atoms with Gasteiger partial charge in [0.2, 0.25) is 0 Å². The quantitative estimate of drug-likeness (QED) is 0.500. The van der Waals surface area contributed by atoms with E-state index in [0.717, 1.165) is 10.4 Å². The highest BCUT2D eigenvalue weighted by Gasteiger charge is 2.18. The Morgan fingerprint density at radius 1 is 1.21 bits per heavy atom. The third-order valence-corrected chi connectivity index (χ3v) is 5.25. The minimum Gasteiger partial charge on any atom is -0.482 e. The Balaban J connectivity index is 1.66. The largest absolute Gasteiger partial charge is 0.482 e. The molecule has 148 valence electrons. The molecule has 0 saturated heterocycles. The molecule has 0 unspecified atom stereocenters. The van der Waals surface area contributed by atoms with Crippen molar-refractivity contribution in [2.24, 2.45) is 0 Å². The summed E-state index contributed by atoms with van der Waals surface area (Å²) in [6.45, 7) is 1.65. The number of thiazole rings is 1. The molecule has 1 atom stereocenters. The first-order valence-corrected chi connectivity index (χ1v) is 9.51. The first-order chi connectivity index (χ1) is 14.0. The second-order valence-corrected chi connectivity index (χ2v) is 7.28. The zero-order chi connectivity index (χ0) is 20.4. The van der Waals surface area contributed by atoms with Gasteiger partial charge >= 0.3 is 0 Å². The van der Waals surface area contributed by atoms with Crippen molar-refractivity contribution >= 4 is 17.2 Å². The Bertz CT molecular complexity index is 1130. The van der Waals surface area contributed by atoms with Gasteiger partial charge in [0.1, 0.15) is 16.9 Å². The van der Waals surface area contributed by atoms with Crippen molar-refractivity contribution in [1.82, 2.24) is 25.0 Å². The second kappa shape index (κ2) is 7.94. The van der Waals surface area contributed by atoms with Gasteiger partial charge in [0.05, 0.1) is 29.6 Å². The summed E-state index contributed by atoms with van der Waals surface area (Å²) in [4.78, 5) is 10.6. The molecule has 1 aromatic carbocycles. The van der Waals surface area contributed by atoms with E-state index in [-0.39, 0.29) is 12.4 Å². The Hall–Kier alpha value is -3.37. The number of hydrogen-bond donors (Lipinski definition) is 2. The molecule has 10 heteroatoms. The first-order valence-electron chi connectivity index (χ1n) is 8.69. The maximum absolute atomic E-state index is 13.9. The molecule has 29 heavy (non-hydrogen) atoms. The van der Waals surface area contributed by atoms with Crippen LogP contribution in [0.1, 0.15) is 23.6 Å². The lowest BCUT2D eigenvalue weighted by molar-refractivity contribution is 0.226. The summed E-state index contributed by atoms with van der Waals surface area (Å²) in [7, 11) is 0. The smallest absolute Gasteiger partial charge is 0.166 e. The highest BCUT2D eigenvalue weighted by molar-refractivity contribution is 7.15. The fourth-order valence-corrected chi connectivity index (χ4v) is 3.59. The van der Waals surface area contributed by atoms with E-state index in [9.17, 15) is 9.50 Å². The molecule has 0 aliphatic rings. The number of aliphatic hydroxyl groups excluding tert-OH is 1. The van der Waals surface area contributed by atoms with Gasteiger partial charge in [-0.15, -0.1) is 11.3 Å². The number of benzene rings is 1. The van der Waals surface area contributed by atoms with Crippen molar-refractivity contribution in [3.63, 3.8) is 0 Å². The number of hydrogen-bond acceptors (Lipinski definition) is 8. The highest BCUT2D eigenvalue weighted by atomic mass is 32.1. The van der Waals surface area contributed by atoms with Crippen molar-refractivity contribution in [2.75, 3.05) is 5.73 Å². The minimum atomic E-state index is -0.555. The monoisotopic (exact) mass is 412 g/mol. The van der Waals surface area contributed by atoms with Crippen LogP contribution in [0.3, 0.4) is 0 Å². The maximum atomic E-state index is 13.9. The molecule has 8 nitrogen and oxygen atoms in total. The van der Waals surface area contributed by atoms with Crippen LogP contribution in [0.4, 0.5) is 10.2 Å². The van der Waals surface area contributed by atoms with Crippen molar-refractivity contribution in [3.8, 4) is 21.9 Å². The van der Waals surface area contributed by atoms with Gasteiger partial charge in [-0.3, -0.25) is 0 Å². The molecule has 0 aliphatic heterocycles. The Labute approximate surface area is 169 Å².